The molecular formula is C16H24N6O. The van der Waals surface area contributed by atoms with Crippen molar-refractivity contribution >= 4 is 17.6 Å². The maximum atomic E-state index is 12.3. The van der Waals surface area contributed by atoms with E-state index in [2.05, 4.69) is 20.4 Å². The van der Waals surface area contributed by atoms with E-state index >= 15 is 0 Å². The second-order valence-corrected chi connectivity index (χ2v) is 6.43. The van der Waals surface area contributed by atoms with Gasteiger partial charge in [0.25, 0.3) is 5.78 Å². The van der Waals surface area contributed by atoms with E-state index in [-0.39, 0.29) is 11.9 Å². The van der Waals surface area contributed by atoms with Crippen molar-refractivity contribution < 1.29 is 4.79 Å². The van der Waals surface area contributed by atoms with Gasteiger partial charge >= 0.3 is 0 Å². The Bertz CT molecular complexity index is 717. The quantitative estimate of drug-likeness (QED) is 0.892. The third-order valence-electron chi connectivity index (χ3n) is 4.72. The minimum atomic E-state index is 0.0380. The Morgan fingerprint density at radius 1 is 1.26 bits per heavy atom. The molecule has 7 nitrogen and oxygen atoms in total. The van der Waals surface area contributed by atoms with E-state index in [0.29, 0.717) is 18.1 Å². The Kier molecular flexibility index (Phi) is 4.45. The standard InChI is InChI=1S/C16H24N6O/c1-10-13(11(2)22-16(19-10)20-15(17)21-22)8-14(23)18-9-12-6-4-3-5-7-12/h12H,3-9H2,1-2H3,(H2,17,21)(H,18,23). The molecule has 1 aliphatic rings. The molecule has 23 heavy (non-hydrogen) atoms. The summed E-state index contributed by atoms with van der Waals surface area (Å²) in [6.07, 6.45) is 6.66. The highest BCUT2D eigenvalue weighted by Gasteiger charge is 2.17. The smallest absolute Gasteiger partial charge is 0.254 e. The van der Waals surface area contributed by atoms with Gasteiger partial charge in [-0.3, -0.25) is 4.79 Å². The second-order valence-electron chi connectivity index (χ2n) is 6.43. The zero-order valence-electron chi connectivity index (χ0n) is 13.8. The highest BCUT2D eigenvalue weighted by molar-refractivity contribution is 5.79. The first-order valence-electron chi connectivity index (χ1n) is 8.29. The molecule has 0 saturated heterocycles. The summed E-state index contributed by atoms with van der Waals surface area (Å²) in [4.78, 5) is 20.8. The van der Waals surface area contributed by atoms with Crippen molar-refractivity contribution in [2.24, 2.45) is 5.92 Å². The minimum Gasteiger partial charge on any atom is -0.366 e. The van der Waals surface area contributed by atoms with Gasteiger partial charge in [0.1, 0.15) is 0 Å². The first-order chi connectivity index (χ1) is 11.0. The Labute approximate surface area is 135 Å². The molecule has 1 aliphatic carbocycles. The molecule has 0 atom stereocenters. The number of nitrogen functional groups attached to an aromatic ring is 1. The van der Waals surface area contributed by atoms with Gasteiger partial charge in [0.05, 0.1) is 6.42 Å². The molecule has 7 heteroatoms. The van der Waals surface area contributed by atoms with Gasteiger partial charge in [-0.15, -0.1) is 5.10 Å². The van der Waals surface area contributed by atoms with Crippen LogP contribution in [0.2, 0.25) is 0 Å². The zero-order chi connectivity index (χ0) is 16.4. The van der Waals surface area contributed by atoms with Gasteiger partial charge in [-0.05, 0) is 32.6 Å². The molecule has 0 radical (unpaired) electrons. The molecular weight excluding hydrogens is 292 g/mol. The molecule has 0 unspecified atom stereocenters. The number of hydrogen-bond donors (Lipinski definition) is 2. The largest absolute Gasteiger partial charge is 0.366 e. The molecule has 3 N–H and O–H groups in total. The van der Waals surface area contributed by atoms with E-state index in [1.54, 1.807) is 4.52 Å². The average Bonchev–Trinajstić information content (AvgIpc) is 2.91. The monoisotopic (exact) mass is 316 g/mol. The van der Waals surface area contributed by atoms with Crippen molar-refractivity contribution in [2.75, 3.05) is 12.3 Å². The molecule has 124 valence electrons. The second kappa shape index (κ2) is 6.52. The summed E-state index contributed by atoms with van der Waals surface area (Å²) in [6, 6.07) is 0. The van der Waals surface area contributed by atoms with Gasteiger partial charge in [0, 0.05) is 23.5 Å². The van der Waals surface area contributed by atoms with E-state index in [0.717, 1.165) is 23.5 Å². The minimum absolute atomic E-state index is 0.0380. The fraction of sp³-hybridized carbons (Fsp3) is 0.625. The topological polar surface area (TPSA) is 98.2 Å². The molecule has 2 aromatic rings. The van der Waals surface area contributed by atoms with Crippen LogP contribution in [0, 0.1) is 19.8 Å². The number of rotatable bonds is 4. The van der Waals surface area contributed by atoms with Crippen LogP contribution in [0.5, 0.6) is 0 Å². The van der Waals surface area contributed by atoms with Crippen LogP contribution in [0.1, 0.15) is 49.1 Å². The summed E-state index contributed by atoms with van der Waals surface area (Å²) in [6.45, 7) is 4.59. The Morgan fingerprint density at radius 2 is 2.00 bits per heavy atom. The van der Waals surface area contributed by atoms with E-state index in [1.165, 1.54) is 32.1 Å². The Hall–Kier alpha value is -2.18. The number of nitrogens with two attached hydrogens (primary N) is 1. The summed E-state index contributed by atoms with van der Waals surface area (Å²) in [5.74, 6) is 1.34. The third kappa shape index (κ3) is 3.43. The summed E-state index contributed by atoms with van der Waals surface area (Å²) in [7, 11) is 0. The number of hydrogen-bond acceptors (Lipinski definition) is 5. The number of aromatic nitrogens is 4. The van der Waals surface area contributed by atoms with Gasteiger partial charge in [-0.2, -0.15) is 9.50 Å². The van der Waals surface area contributed by atoms with Crippen LogP contribution in [-0.4, -0.2) is 32.0 Å². The molecule has 1 amide bonds. The lowest BCUT2D eigenvalue weighted by Gasteiger charge is -2.21. The number of fused-ring (bicyclic) bond motifs is 1. The predicted molar refractivity (Wildman–Crippen MR) is 88.0 cm³/mol. The summed E-state index contributed by atoms with van der Waals surface area (Å²) in [5.41, 5.74) is 8.19. The van der Waals surface area contributed by atoms with Crippen LogP contribution < -0.4 is 11.1 Å². The normalized spacial score (nSPS) is 15.9. The number of anilines is 1. The van der Waals surface area contributed by atoms with Gasteiger partial charge in [0.2, 0.25) is 11.9 Å². The SMILES string of the molecule is Cc1nc2nc(N)nn2c(C)c1CC(=O)NCC1CCCCC1. The highest BCUT2D eigenvalue weighted by Crippen LogP contribution is 2.22. The van der Waals surface area contributed by atoms with Crippen molar-refractivity contribution in [3.05, 3.63) is 17.0 Å². The lowest BCUT2D eigenvalue weighted by Crippen LogP contribution is -2.32. The summed E-state index contributed by atoms with van der Waals surface area (Å²) < 4.78 is 1.60. The van der Waals surface area contributed by atoms with E-state index < -0.39 is 0 Å². The van der Waals surface area contributed by atoms with E-state index in [4.69, 9.17) is 5.73 Å². The van der Waals surface area contributed by atoms with Crippen LogP contribution in [0.4, 0.5) is 5.95 Å². The number of nitrogens with one attached hydrogen (secondary N) is 1. The van der Waals surface area contributed by atoms with E-state index in [9.17, 15) is 4.79 Å². The molecule has 1 saturated carbocycles. The lowest BCUT2D eigenvalue weighted by molar-refractivity contribution is -0.120. The Morgan fingerprint density at radius 3 is 2.74 bits per heavy atom. The van der Waals surface area contributed by atoms with Gasteiger partial charge in [0.15, 0.2) is 0 Å². The first-order valence-corrected chi connectivity index (χ1v) is 8.29. The molecule has 2 heterocycles. The molecule has 0 spiro atoms. The number of carbonyl (C=O) groups excluding carboxylic acids is 1. The number of aryl methyl sites for hydroxylation is 2. The maximum Gasteiger partial charge on any atom is 0.254 e. The highest BCUT2D eigenvalue weighted by atomic mass is 16.1. The lowest BCUT2D eigenvalue weighted by atomic mass is 9.89. The maximum absolute atomic E-state index is 12.3. The van der Waals surface area contributed by atoms with E-state index in [1.807, 2.05) is 13.8 Å². The van der Waals surface area contributed by atoms with Crippen LogP contribution in [0.25, 0.3) is 5.78 Å². The molecule has 3 rings (SSSR count). The van der Waals surface area contributed by atoms with Crippen molar-refractivity contribution in [2.45, 2.75) is 52.4 Å². The van der Waals surface area contributed by atoms with Crippen molar-refractivity contribution in [1.29, 1.82) is 0 Å². The van der Waals surface area contributed by atoms with Crippen molar-refractivity contribution in [3.63, 3.8) is 0 Å². The van der Waals surface area contributed by atoms with Gasteiger partial charge < -0.3 is 11.1 Å². The van der Waals surface area contributed by atoms with Crippen LogP contribution in [-0.2, 0) is 11.2 Å². The molecule has 0 bridgehead atoms. The van der Waals surface area contributed by atoms with Gasteiger partial charge in [-0.1, -0.05) is 19.3 Å². The third-order valence-corrected chi connectivity index (χ3v) is 4.72. The summed E-state index contributed by atoms with van der Waals surface area (Å²) >= 11 is 0. The van der Waals surface area contributed by atoms with Gasteiger partial charge in [-0.25, -0.2) is 4.98 Å². The van der Waals surface area contributed by atoms with Crippen LogP contribution in [0.3, 0.4) is 0 Å². The average molecular weight is 316 g/mol. The van der Waals surface area contributed by atoms with Crippen molar-refractivity contribution in [3.8, 4) is 0 Å². The zero-order valence-corrected chi connectivity index (χ0v) is 13.8. The number of carbonyl (C=O) groups is 1. The predicted octanol–water partition coefficient (Wildman–Crippen LogP) is 1.56. The number of nitrogens with zero attached hydrogens (tertiary/aromatic N) is 4. The van der Waals surface area contributed by atoms with Crippen LogP contribution >= 0.6 is 0 Å². The first kappa shape index (κ1) is 15.7. The molecule has 0 aliphatic heterocycles. The summed E-state index contributed by atoms with van der Waals surface area (Å²) in [5, 5.41) is 7.20. The molecule has 2 aromatic heterocycles. The Balaban J connectivity index is 1.69. The molecule has 0 aromatic carbocycles. The van der Waals surface area contributed by atoms with Crippen molar-refractivity contribution in [1.82, 2.24) is 24.9 Å². The fourth-order valence-electron chi connectivity index (χ4n) is 3.35. The van der Waals surface area contributed by atoms with Crippen LogP contribution in [0.15, 0.2) is 0 Å². The fourth-order valence-corrected chi connectivity index (χ4v) is 3.35. The number of amides is 1. The molecule has 1 fully saturated rings.